The molecular weight excluding hydrogens is 348 g/mol. The number of rotatable bonds is 2. The Morgan fingerprint density at radius 1 is 1.43 bits per heavy atom. The largest absolute Gasteiger partial charge is 0.298 e. The Morgan fingerprint density at radius 2 is 2.30 bits per heavy atom. The van der Waals surface area contributed by atoms with Crippen molar-refractivity contribution < 1.29 is 4.79 Å². The van der Waals surface area contributed by atoms with Crippen molar-refractivity contribution in [3.63, 3.8) is 0 Å². The number of nitrogens with one attached hydrogen (secondary N) is 1. The van der Waals surface area contributed by atoms with Gasteiger partial charge in [-0.2, -0.15) is 0 Å². The Hall–Kier alpha value is -1.43. The Balaban J connectivity index is 1.61. The molecule has 0 aliphatic heterocycles. The predicted octanol–water partition coefficient (Wildman–Crippen LogP) is 5.39. The lowest BCUT2D eigenvalue weighted by Gasteiger charge is -2.18. The number of fused-ring (bicyclic) bond motifs is 2. The number of hydrogen-bond donors (Lipinski definition) is 1. The standard InChI is InChI=1S/C17H15ClN2OS2/c1-9-5-6-10-11(8-22-14(10)7-9)16(21)20-17-19-15-12(18)3-2-4-13(15)23-17/h2-4,8-9H,5-7H2,1H3,(H,19,20,21)/t9-/m1/s1. The van der Waals surface area contributed by atoms with E-state index in [2.05, 4.69) is 17.2 Å². The first-order chi connectivity index (χ1) is 11.1. The number of carbonyl (C=O) groups excluding carboxylic acids is 1. The van der Waals surface area contributed by atoms with Crippen LogP contribution < -0.4 is 5.32 Å². The quantitative estimate of drug-likeness (QED) is 0.664. The second-order valence-corrected chi connectivity index (χ2v) is 8.36. The molecular formula is C17H15ClN2OS2. The smallest absolute Gasteiger partial charge is 0.258 e. The van der Waals surface area contributed by atoms with Crippen molar-refractivity contribution in [2.45, 2.75) is 26.2 Å². The van der Waals surface area contributed by atoms with Gasteiger partial charge in [0.1, 0.15) is 5.52 Å². The van der Waals surface area contributed by atoms with Crippen LogP contribution in [-0.4, -0.2) is 10.9 Å². The first-order valence-electron chi connectivity index (χ1n) is 7.57. The molecule has 1 N–H and O–H groups in total. The average Bonchev–Trinajstić information content (AvgIpc) is 3.11. The van der Waals surface area contributed by atoms with Crippen LogP contribution in [0.3, 0.4) is 0 Å². The summed E-state index contributed by atoms with van der Waals surface area (Å²) in [5.74, 6) is 0.649. The maximum Gasteiger partial charge on any atom is 0.258 e. The minimum Gasteiger partial charge on any atom is -0.298 e. The molecule has 4 rings (SSSR count). The molecule has 0 saturated carbocycles. The maximum absolute atomic E-state index is 12.6. The number of hydrogen-bond acceptors (Lipinski definition) is 4. The summed E-state index contributed by atoms with van der Waals surface area (Å²) in [5, 5.41) is 6.13. The van der Waals surface area contributed by atoms with E-state index in [1.54, 1.807) is 11.3 Å². The van der Waals surface area contributed by atoms with E-state index in [0.29, 0.717) is 16.1 Å². The monoisotopic (exact) mass is 362 g/mol. The summed E-state index contributed by atoms with van der Waals surface area (Å²) in [5.41, 5.74) is 2.78. The fraction of sp³-hybridized carbons (Fsp3) is 0.294. The molecule has 0 radical (unpaired) electrons. The van der Waals surface area contributed by atoms with E-state index in [4.69, 9.17) is 11.6 Å². The highest BCUT2D eigenvalue weighted by Gasteiger charge is 2.23. The number of aromatic nitrogens is 1. The van der Waals surface area contributed by atoms with Gasteiger partial charge in [-0.05, 0) is 42.9 Å². The van der Waals surface area contributed by atoms with Crippen LogP contribution >= 0.6 is 34.3 Å². The topological polar surface area (TPSA) is 42.0 Å². The van der Waals surface area contributed by atoms with Gasteiger partial charge in [0.2, 0.25) is 0 Å². The second-order valence-electron chi connectivity index (χ2n) is 5.96. The Labute approximate surface area is 147 Å². The third-order valence-corrected chi connectivity index (χ3v) is 6.53. The molecule has 0 fully saturated rings. The lowest BCUT2D eigenvalue weighted by Crippen LogP contribution is -2.16. The lowest BCUT2D eigenvalue weighted by molar-refractivity contribution is 0.102. The highest BCUT2D eigenvalue weighted by Crippen LogP contribution is 2.34. The SMILES string of the molecule is C[C@@H]1CCc2c(C(=O)Nc3nc4c(Cl)cccc4s3)csc2C1. The molecule has 0 spiro atoms. The first-order valence-corrected chi connectivity index (χ1v) is 9.65. The van der Waals surface area contributed by atoms with Crippen LogP contribution in [0.1, 0.15) is 34.1 Å². The van der Waals surface area contributed by atoms with Crippen molar-refractivity contribution in [1.82, 2.24) is 4.98 Å². The summed E-state index contributed by atoms with van der Waals surface area (Å²) in [6.45, 7) is 2.27. The molecule has 3 aromatic rings. The molecule has 1 aromatic carbocycles. The van der Waals surface area contributed by atoms with Crippen LogP contribution in [0.25, 0.3) is 10.2 Å². The molecule has 1 amide bonds. The van der Waals surface area contributed by atoms with Gasteiger partial charge < -0.3 is 0 Å². The molecule has 2 heterocycles. The summed E-state index contributed by atoms with van der Waals surface area (Å²) in [6.07, 6.45) is 3.24. The zero-order chi connectivity index (χ0) is 16.0. The van der Waals surface area contributed by atoms with E-state index in [0.717, 1.165) is 35.0 Å². The number of thiazole rings is 1. The molecule has 3 nitrogen and oxygen atoms in total. The van der Waals surface area contributed by atoms with Crippen LogP contribution in [-0.2, 0) is 12.8 Å². The van der Waals surface area contributed by atoms with Crippen LogP contribution in [0.4, 0.5) is 5.13 Å². The lowest BCUT2D eigenvalue weighted by atomic mass is 9.88. The number of nitrogens with zero attached hydrogens (tertiary/aromatic N) is 1. The van der Waals surface area contributed by atoms with Gasteiger partial charge in [-0.15, -0.1) is 11.3 Å². The van der Waals surface area contributed by atoms with Gasteiger partial charge in [-0.3, -0.25) is 10.1 Å². The van der Waals surface area contributed by atoms with E-state index < -0.39 is 0 Å². The number of thiophene rings is 1. The van der Waals surface area contributed by atoms with Crippen molar-refractivity contribution in [3.05, 3.63) is 44.6 Å². The highest BCUT2D eigenvalue weighted by atomic mass is 35.5. The van der Waals surface area contributed by atoms with Crippen molar-refractivity contribution in [2.75, 3.05) is 5.32 Å². The average molecular weight is 363 g/mol. The van der Waals surface area contributed by atoms with Crippen molar-refractivity contribution in [1.29, 1.82) is 0 Å². The van der Waals surface area contributed by atoms with Gasteiger partial charge in [0.05, 0.1) is 15.3 Å². The van der Waals surface area contributed by atoms with Crippen LogP contribution in [0.15, 0.2) is 23.6 Å². The molecule has 0 unspecified atom stereocenters. The Morgan fingerprint density at radius 3 is 3.13 bits per heavy atom. The third-order valence-electron chi connectivity index (χ3n) is 4.24. The van der Waals surface area contributed by atoms with Crippen molar-refractivity contribution in [2.24, 2.45) is 5.92 Å². The zero-order valence-electron chi connectivity index (χ0n) is 12.6. The van der Waals surface area contributed by atoms with Gasteiger partial charge in [0, 0.05) is 10.3 Å². The number of carbonyl (C=O) groups is 1. The summed E-state index contributed by atoms with van der Waals surface area (Å²) < 4.78 is 0.981. The number of halogens is 1. The fourth-order valence-electron chi connectivity index (χ4n) is 3.00. The van der Waals surface area contributed by atoms with Crippen LogP contribution in [0.5, 0.6) is 0 Å². The fourth-order valence-corrected chi connectivity index (χ4v) is 5.41. The molecule has 2 aromatic heterocycles. The number of amides is 1. The van der Waals surface area contributed by atoms with Gasteiger partial charge in [0.15, 0.2) is 5.13 Å². The van der Waals surface area contributed by atoms with Gasteiger partial charge >= 0.3 is 0 Å². The van der Waals surface area contributed by atoms with Gasteiger partial charge in [-0.1, -0.05) is 35.9 Å². The van der Waals surface area contributed by atoms with Gasteiger partial charge in [-0.25, -0.2) is 4.98 Å². The number of para-hydroxylation sites is 1. The van der Waals surface area contributed by atoms with E-state index in [9.17, 15) is 4.79 Å². The molecule has 1 atom stereocenters. The molecule has 0 bridgehead atoms. The molecule has 6 heteroatoms. The Kier molecular flexibility index (Phi) is 3.87. The highest BCUT2D eigenvalue weighted by molar-refractivity contribution is 7.22. The summed E-state index contributed by atoms with van der Waals surface area (Å²) in [4.78, 5) is 18.4. The molecule has 1 aliphatic carbocycles. The van der Waals surface area contributed by atoms with E-state index in [1.807, 2.05) is 23.6 Å². The summed E-state index contributed by atoms with van der Waals surface area (Å²) in [6, 6.07) is 5.67. The number of benzene rings is 1. The molecule has 1 aliphatic rings. The molecule has 118 valence electrons. The second kappa shape index (κ2) is 5.89. The van der Waals surface area contributed by atoms with E-state index in [1.165, 1.54) is 21.8 Å². The van der Waals surface area contributed by atoms with E-state index >= 15 is 0 Å². The molecule has 23 heavy (non-hydrogen) atoms. The minimum atomic E-state index is -0.0627. The predicted molar refractivity (Wildman–Crippen MR) is 98.1 cm³/mol. The zero-order valence-corrected chi connectivity index (χ0v) is 14.9. The Bertz CT molecular complexity index is 899. The maximum atomic E-state index is 12.6. The van der Waals surface area contributed by atoms with Crippen molar-refractivity contribution in [3.8, 4) is 0 Å². The van der Waals surface area contributed by atoms with Gasteiger partial charge in [0.25, 0.3) is 5.91 Å². The van der Waals surface area contributed by atoms with Crippen LogP contribution in [0, 0.1) is 5.92 Å². The van der Waals surface area contributed by atoms with Crippen LogP contribution in [0.2, 0.25) is 5.02 Å². The first kappa shape index (κ1) is 15.1. The summed E-state index contributed by atoms with van der Waals surface area (Å²) in [7, 11) is 0. The summed E-state index contributed by atoms with van der Waals surface area (Å²) >= 11 is 9.30. The van der Waals surface area contributed by atoms with E-state index in [-0.39, 0.29) is 5.91 Å². The minimum absolute atomic E-state index is 0.0627. The van der Waals surface area contributed by atoms with Crippen molar-refractivity contribution >= 4 is 55.5 Å². The normalized spacial score (nSPS) is 17.2. The molecule has 0 saturated heterocycles. The third kappa shape index (κ3) is 2.77. The number of anilines is 1.